The molecule has 1 heterocycles. The molecule has 0 aliphatic carbocycles. The van der Waals surface area contributed by atoms with Crippen LogP contribution in [-0.2, 0) is 0 Å². The van der Waals surface area contributed by atoms with Gasteiger partial charge < -0.3 is 20.5 Å². The van der Waals surface area contributed by atoms with E-state index in [1.54, 1.807) is 14.2 Å². The number of likely N-dealkylation sites (tertiary alicyclic amines) is 1. The van der Waals surface area contributed by atoms with Crippen LogP contribution in [0.2, 0.25) is 0 Å². The Morgan fingerprint density at radius 3 is 2.39 bits per heavy atom. The average molecular weight is 383 g/mol. The highest BCUT2D eigenvalue weighted by Gasteiger charge is 2.23. The third-order valence-electron chi connectivity index (χ3n) is 5.13. The molecule has 3 rings (SSSR count). The number of hydrogen-bond donors (Lipinski definition) is 2. The summed E-state index contributed by atoms with van der Waals surface area (Å²) in [6.45, 7) is 4.95. The summed E-state index contributed by atoms with van der Waals surface area (Å²) in [5, 5.41) is 3.15. The number of anilines is 1. The highest BCUT2D eigenvalue weighted by Crippen LogP contribution is 2.30. The molecule has 150 valence electrons. The maximum atomic E-state index is 6.17. The SMILES string of the molecule is COc1ccc(NC(N)=NCC(c2ccc(C)cc2)N2CCCC2)cc1OC. The van der Waals surface area contributed by atoms with Gasteiger partial charge in [0, 0.05) is 11.8 Å². The minimum absolute atomic E-state index is 0.244. The molecular formula is C22H30N4O2. The molecule has 1 aliphatic heterocycles. The maximum Gasteiger partial charge on any atom is 0.193 e. The Morgan fingerprint density at radius 1 is 1.07 bits per heavy atom. The molecule has 1 saturated heterocycles. The quantitative estimate of drug-likeness (QED) is 0.566. The zero-order valence-electron chi connectivity index (χ0n) is 16.9. The van der Waals surface area contributed by atoms with E-state index in [4.69, 9.17) is 15.2 Å². The summed E-state index contributed by atoms with van der Waals surface area (Å²) in [5.74, 6) is 1.72. The van der Waals surface area contributed by atoms with Gasteiger partial charge >= 0.3 is 0 Å². The smallest absolute Gasteiger partial charge is 0.193 e. The minimum Gasteiger partial charge on any atom is -0.493 e. The largest absolute Gasteiger partial charge is 0.493 e. The molecule has 1 fully saturated rings. The third kappa shape index (κ3) is 4.95. The van der Waals surface area contributed by atoms with Crippen molar-refractivity contribution in [1.29, 1.82) is 0 Å². The highest BCUT2D eigenvalue weighted by atomic mass is 16.5. The first-order valence-electron chi connectivity index (χ1n) is 9.70. The van der Waals surface area contributed by atoms with Gasteiger partial charge in [-0.05, 0) is 50.6 Å². The predicted molar refractivity (Wildman–Crippen MR) is 114 cm³/mol. The van der Waals surface area contributed by atoms with Crippen LogP contribution >= 0.6 is 0 Å². The molecule has 3 N–H and O–H groups in total. The summed E-state index contributed by atoms with van der Waals surface area (Å²) in [4.78, 5) is 7.13. The van der Waals surface area contributed by atoms with E-state index >= 15 is 0 Å². The number of rotatable bonds is 7. The Labute approximate surface area is 167 Å². The number of benzene rings is 2. The molecule has 0 saturated carbocycles. The van der Waals surface area contributed by atoms with Gasteiger partial charge in [0.05, 0.1) is 26.8 Å². The molecular weight excluding hydrogens is 352 g/mol. The van der Waals surface area contributed by atoms with Crippen LogP contribution in [0.15, 0.2) is 47.5 Å². The van der Waals surface area contributed by atoms with Crippen LogP contribution in [0.25, 0.3) is 0 Å². The van der Waals surface area contributed by atoms with Crippen LogP contribution in [0, 0.1) is 6.92 Å². The molecule has 1 atom stereocenters. The van der Waals surface area contributed by atoms with Crippen molar-refractivity contribution in [3.63, 3.8) is 0 Å². The molecule has 0 spiro atoms. The first kappa shape index (κ1) is 20.0. The molecule has 0 aromatic heterocycles. The number of nitrogens with zero attached hydrogens (tertiary/aromatic N) is 2. The molecule has 0 amide bonds. The zero-order chi connectivity index (χ0) is 19.9. The van der Waals surface area contributed by atoms with Crippen LogP contribution in [-0.4, -0.2) is 44.7 Å². The van der Waals surface area contributed by atoms with Crippen LogP contribution in [0.5, 0.6) is 11.5 Å². The van der Waals surface area contributed by atoms with Crippen LogP contribution in [0.3, 0.4) is 0 Å². The normalized spacial score (nSPS) is 16.0. The fraction of sp³-hybridized carbons (Fsp3) is 0.409. The van der Waals surface area contributed by atoms with Gasteiger partial charge in [-0.2, -0.15) is 0 Å². The second-order valence-electron chi connectivity index (χ2n) is 7.09. The number of hydrogen-bond acceptors (Lipinski definition) is 4. The lowest BCUT2D eigenvalue weighted by atomic mass is 10.0. The first-order valence-corrected chi connectivity index (χ1v) is 9.70. The van der Waals surface area contributed by atoms with Crippen molar-refractivity contribution in [2.75, 3.05) is 39.2 Å². The monoisotopic (exact) mass is 382 g/mol. The molecule has 1 aliphatic rings. The number of aliphatic imine (C=N–C) groups is 1. The van der Waals surface area contributed by atoms with Gasteiger partial charge in [0.1, 0.15) is 0 Å². The number of ether oxygens (including phenoxy) is 2. The van der Waals surface area contributed by atoms with Gasteiger partial charge in [0.15, 0.2) is 17.5 Å². The van der Waals surface area contributed by atoms with Crippen molar-refractivity contribution in [2.24, 2.45) is 10.7 Å². The Morgan fingerprint density at radius 2 is 1.75 bits per heavy atom. The summed E-state index contributed by atoms with van der Waals surface area (Å²) in [5.41, 5.74) is 9.53. The summed E-state index contributed by atoms with van der Waals surface area (Å²) < 4.78 is 10.6. The van der Waals surface area contributed by atoms with E-state index in [-0.39, 0.29) is 6.04 Å². The van der Waals surface area contributed by atoms with Gasteiger partial charge in [0.25, 0.3) is 0 Å². The van der Waals surface area contributed by atoms with Gasteiger partial charge in [-0.3, -0.25) is 9.89 Å². The van der Waals surface area contributed by atoms with Crippen molar-refractivity contribution in [1.82, 2.24) is 4.90 Å². The van der Waals surface area contributed by atoms with Crippen molar-refractivity contribution in [3.05, 3.63) is 53.6 Å². The van der Waals surface area contributed by atoms with Gasteiger partial charge in [0.2, 0.25) is 0 Å². The van der Waals surface area contributed by atoms with E-state index in [2.05, 4.69) is 46.4 Å². The van der Waals surface area contributed by atoms with Gasteiger partial charge in [-0.25, -0.2) is 0 Å². The van der Waals surface area contributed by atoms with E-state index in [9.17, 15) is 0 Å². The second-order valence-corrected chi connectivity index (χ2v) is 7.09. The van der Waals surface area contributed by atoms with Crippen LogP contribution in [0.4, 0.5) is 5.69 Å². The number of aryl methyl sites for hydroxylation is 1. The number of nitrogens with one attached hydrogen (secondary N) is 1. The van der Waals surface area contributed by atoms with Gasteiger partial charge in [-0.15, -0.1) is 0 Å². The molecule has 6 heteroatoms. The van der Waals surface area contributed by atoms with Crippen molar-refractivity contribution < 1.29 is 9.47 Å². The fourth-order valence-electron chi connectivity index (χ4n) is 3.56. The molecule has 1 unspecified atom stereocenters. The molecule has 0 bridgehead atoms. The molecule has 6 nitrogen and oxygen atoms in total. The molecule has 2 aromatic carbocycles. The predicted octanol–water partition coefficient (Wildman–Crippen LogP) is 3.58. The topological polar surface area (TPSA) is 72.1 Å². The van der Waals surface area contributed by atoms with Crippen LogP contribution < -0.4 is 20.5 Å². The summed E-state index contributed by atoms with van der Waals surface area (Å²) >= 11 is 0. The van der Waals surface area contributed by atoms with Crippen molar-refractivity contribution in [2.45, 2.75) is 25.8 Å². The van der Waals surface area contributed by atoms with Crippen molar-refractivity contribution in [3.8, 4) is 11.5 Å². The molecule has 28 heavy (non-hydrogen) atoms. The van der Waals surface area contributed by atoms with E-state index < -0.39 is 0 Å². The van der Waals surface area contributed by atoms with Crippen molar-refractivity contribution >= 4 is 11.6 Å². The lowest BCUT2D eigenvalue weighted by Gasteiger charge is -2.27. The second kappa shape index (κ2) is 9.46. The zero-order valence-corrected chi connectivity index (χ0v) is 16.9. The Hall–Kier alpha value is -2.73. The van der Waals surface area contributed by atoms with E-state index in [1.807, 2.05) is 18.2 Å². The first-order chi connectivity index (χ1) is 13.6. The minimum atomic E-state index is 0.244. The number of nitrogens with two attached hydrogens (primary N) is 1. The summed E-state index contributed by atoms with van der Waals surface area (Å²) in [6.07, 6.45) is 2.48. The fourth-order valence-corrected chi connectivity index (χ4v) is 3.56. The maximum absolute atomic E-state index is 6.17. The summed E-state index contributed by atoms with van der Waals surface area (Å²) in [7, 11) is 3.23. The standard InChI is InChI=1S/C22H30N4O2/c1-16-6-8-17(9-7-16)19(26-12-4-5-13-26)15-24-22(23)25-18-10-11-20(27-2)21(14-18)28-3/h6-11,14,19H,4-5,12-13,15H2,1-3H3,(H3,23,24,25). The average Bonchev–Trinajstić information content (AvgIpc) is 3.24. The van der Waals surface area contributed by atoms with Gasteiger partial charge in [-0.1, -0.05) is 29.8 Å². The molecule has 2 aromatic rings. The van der Waals surface area contributed by atoms with E-state index in [0.717, 1.165) is 18.8 Å². The Balaban J connectivity index is 1.72. The van der Waals surface area contributed by atoms with E-state index in [0.29, 0.717) is 24.0 Å². The molecule has 0 radical (unpaired) electrons. The highest BCUT2D eigenvalue weighted by molar-refractivity contribution is 5.92. The number of methoxy groups -OCH3 is 2. The Bertz CT molecular complexity index is 799. The Kier molecular flexibility index (Phi) is 6.76. The summed E-state index contributed by atoms with van der Waals surface area (Å²) in [6, 6.07) is 14.5. The van der Waals surface area contributed by atoms with E-state index in [1.165, 1.54) is 24.0 Å². The lowest BCUT2D eigenvalue weighted by molar-refractivity contribution is 0.252. The number of guanidine groups is 1. The lowest BCUT2D eigenvalue weighted by Crippen LogP contribution is -2.30. The third-order valence-corrected chi connectivity index (χ3v) is 5.13. The van der Waals surface area contributed by atoms with Crippen LogP contribution in [0.1, 0.15) is 30.0 Å².